The van der Waals surface area contributed by atoms with Gasteiger partial charge < -0.3 is 10.1 Å². The summed E-state index contributed by atoms with van der Waals surface area (Å²) in [7, 11) is 0. The van der Waals surface area contributed by atoms with Gasteiger partial charge in [0.1, 0.15) is 5.75 Å². The number of para-hydroxylation sites is 2. The van der Waals surface area contributed by atoms with Gasteiger partial charge in [-0.1, -0.05) is 48.9 Å². The van der Waals surface area contributed by atoms with Crippen molar-refractivity contribution in [3.8, 4) is 5.75 Å². The summed E-state index contributed by atoms with van der Waals surface area (Å²) in [6.07, 6.45) is 2.90. The average Bonchev–Trinajstić information content (AvgIpc) is 2.49. The van der Waals surface area contributed by atoms with E-state index in [1.807, 2.05) is 61.5 Å². The second-order valence-corrected chi connectivity index (χ2v) is 5.68. The van der Waals surface area contributed by atoms with Gasteiger partial charge >= 0.3 is 0 Å². The average molecular weight is 295 g/mol. The minimum atomic E-state index is -0.388. The molecule has 1 aliphatic carbocycles. The third-order valence-corrected chi connectivity index (χ3v) is 4.40. The molecule has 0 radical (unpaired) electrons. The molecule has 1 fully saturated rings. The molecule has 2 aromatic carbocycles. The highest BCUT2D eigenvalue weighted by atomic mass is 16.5. The normalized spacial score (nSPS) is 15.7. The highest BCUT2D eigenvalue weighted by Crippen LogP contribution is 2.44. The van der Waals surface area contributed by atoms with E-state index in [-0.39, 0.29) is 11.3 Å². The Morgan fingerprint density at radius 3 is 2.41 bits per heavy atom. The third kappa shape index (κ3) is 2.59. The Bertz CT molecular complexity index is 647. The highest BCUT2D eigenvalue weighted by Gasteiger charge is 2.45. The van der Waals surface area contributed by atoms with Crippen molar-refractivity contribution in [3.05, 3.63) is 60.2 Å². The van der Waals surface area contributed by atoms with Crippen LogP contribution in [0.3, 0.4) is 0 Å². The van der Waals surface area contributed by atoms with Gasteiger partial charge in [0.2, 0.25) is 5.91 Å². The maximum atomic E-state index is 12.9. The molecule has 22 heavy (non-hydrogen) atoms. The van der Waals surface area contributed by atoms with Gasteiger partial charge in [-0.2, -0.15) is 0 Å². The molecule has 0 spiro atoms. The summed E-state index contributed by atoms with van der Waals surface area (Å²) in [6.45, 7) is 2.52. The van der Waals surface area contributed by atoms with E-state index >= 15 is 0 Å². The molecule has 3 rings (SSSR count). The largest absolute Gasteiger partial charge is 0.492 e. The second kappa shape index (κ2) is 6.22. The summed E-state index contributed by atoms with van der Waals surface area (Å²) in [4.78, 5) is 12.9. The summed E-state index contributed by atoms with van der Waals surface area (Å²) in [6, 6.07) is 17.7. The Labute approximate surface area is 131 Å². The number of rotatable bonds is 5. The van der Waals surface area contributed by atoms with Crippen molar-refractivity contribution in [3.63, 3.8) is 0 Å². The molecule has 3 nitrogen and oxygen atoms in total. The zero-order valence-electron chi connectivity index (χ0n) is 12.8. The molecule has 1 aliphatic rings. The molecule has 2 aromatic rings. The lowest BCUT2D eigenvalue weighted by molar-refractivity contribution is -0.124. The topological polar surface area (TPSA) is 38.3 Å². The number of ether oxygens (including phenoxy) is 1. The number of carbonyl (C=O) groups is 1. The summed E-state index contributed by atoms with van der Waals surface area (Å²) in [5.74, 6) is 0.790. The minimum absolute atomic E-state index is 0.0668. The van der Waals surface area contributed by atoms with Gasteiger partial charge in [0.15, 0.2) is 0 Å². The Balaban J connectivity index is 1.85. The van der Waals surface area contributed by atoms with Crippen LogP contribution in [0, 0.1) is 0 Å². The van der Waals surface area contributed by atoms with E-state index in [2.05, 4.69) is 5.32 Å². The van der Waals surface area contributed by atoms with Crippen LogP contribution in [0.25, 0.3) is 0 Å². The number of benzene rings is 2. The fourth-order valence-electron chi connectivity index (χ4n) is 3.03. The van der Waals surface area contributed by atoms with Crippen molar-refractivity contribution >= 4 is 11.6 Å². The number of amides is 1. The SMILES string of the molecule is CCOc1ccccc1NC(=O)C1(c2ccccc2)CCC1. The van der Waals surface area contributed by atoms with Crippen LogP contribution in [0.2, 0.25) is 0 Å². The fourth-order valence-corrected chi connectivity index (χ4v) is 3.03. The molecular weight excluding hydrogens is 274 g/mol. The molecule has 0 heterocycles. The number of carbonyl (C=O) groups excluding carboxylic acids is 1. The molecular formula is C19H21NO2. The lowest BCUT2D eigenvalue weighted by Crippen LogP contribution is -2.46. The van der Waals surface area contributed by atoms with E-state index < -0.39 is 0 Å². The van der Waals surface area contributed by atoms with Crippen LogP contribution in [-0.4, -0.2) is 12.5 Å². The van der Waals surface area contributed by atoms with Crippen molar-refractivity contribution in [2.24, 2.45) is 0 Å². The molecule has 0 aliphatic heterocycles. The first kappa shape index (κ1) is 14.6. The summed E-state index contributed by atoms with van der Waals surface area (Å²) >= 11 is 0. The summed E-state index contributed by atoms with van der Waals surface area (Å²) in [5, 5.41) is 3.07. The van der Waals surface area contributed by atoms with Crippen molar-refractivity contribution in [2.45, 2.75) is 31.6 Å². The Morgan fingerprint density at radius 1 is 1.09 bits per heavy atom. The van der Waals surface area contributed by atoms with Crippen molar-refractivity contribution in [1.82, 2.24) is 0 Å². The number of hydrogen-bond donors (Lipinski definition) is 1. The second-order valence-electron chi connectivity index (χ2n) is 5.68. The lowest BCUT2D eigenvalue weighted by atomic mass is 9.64. The smallest absolute Gasteiger partial charge is 0.235 e. The third-order valence-electron chi connectivity index (χ3n) is 4.40. The Kier molecular flexibility index (Phi) is 4.14. The lowest BCUT2D eigenvalue weighted by Gasteiger charge is -2.40. The molecule has 1 N–H and O–H groups in total. The molecule has 0 unspecified atom stereocenters. The minimum Gasteiger partial charge on any atom is -0.492 e. The van der Waals surface area contributed by atoms with Gasteiger partial charge in [-0.25, -0.2) is 0 Å². The maximum Gasteiger partial charge on any atom is 0.235 e. The molecule has 3 heteroatoms. The van der Waals surface area contributed by atoms with Gasteiger partial charge in [0, 0.05) is 0 Å². The van der Waals surface area contributed by atoms with Gasteiger partial charge in [0.05, 0.1) is 17.7 Å². The van der Waals surface area contributed by atoms with E-state index in [0.29, 0.717) is 6.61 Å². The predicted octanol–water partition coefficient (Wildman–Crippen LogP) is 4.15. The van der Waals surface area contributed by atoms with Crippen LogP contribution in [0.1, 0.15) is 31.7 Å². The quantitative estimate of drug-likeness (QED) is 0.900. The maximum absolute atomic E-state index is 12.9. The van der Waals surface area contributed by atoms with Crippen molar-refractivity contribution in [2.75, 3.05) is 11.9 Å². The van der Waals surface area contributed by atoms with Crippen molar-refractivity contribution in [1.29, 1.82) is 0 Å². The van der Waals surface area contributed by atoms with Crippen molar-refractivity contribution < 1.29 is 9.53 Å². The van der Waals surface area contributed by atoms with Gasteiger partial charge in [0.25, 0.3) is 0 Å². The van der Waals surface area contributed by atoms with Crippen LogP contribution >= 0.6 is 0 Å². The zero-order chi connectivity index (χ0) is 15.4. The Morgan fingerprint density at radius 2 is 1.77 bits per heavy atom. The first-order valence-corrected chi connectivity index (χ1v) is 7.85. The van der Waals surface area contributed by atoms with Crippen LogP contribution in [-0.2, 0) is 10.2 Å². The molecule has 0 saturated heterocycles. The molecule has 0 atom stereocenters. The molecule has 0 bridgehead atoms. The number of anilines is 1. The van der Waals surface area contributed by atoms with Crippen LogP contribution < -0.4 is 10.1 Å². The van der Waals surface area contributed by atoms with E-state index in [1.165, 1.54) is 0 Å². The van der Waals surface area contributed by atoms with Crippen LogP contribution in [0.5, 0.6) is 5.75 Å². The summed E-state index contributed by atoms with van der Waals surface area (Å²) in [5.41, 5.74) is 1.46. The predicted molar refractivity (Wildman–Crippen MR) is 88.2 cm³/mol. The first-order chi connectivity index (χ1) is 10.8. The van der Waals surface area contributed by atoms with E-state index in [1.54, 1.807) is 0 Å². The zero-order valence-corrected chi connectivity index (χ0v) is 12.8. The van der Waals surface area contributed by atoms with E-state index in [4.69, 9.17) is 4.74 Å². The van der Waals surface area contributed by atoms with E-state index in [0.717, 1.165) is 36.3 Å². The highest BCUT2D eigenvalue weighted by molar-refractivity contribution is 6.00. The van der Waals surface area contributed by atoms with Crippen LogP contribution in [0.15, 0.2) is 54.6 Å². The number of hydrogen-bond acceptors (Lipinski definition) is 2. The number of nitrogens with one attached hydrogen (secondary N) is 1. The van der Waals surface area contributed by atoms with Gasteiger partial charge in [-0.3, -0.25) is 4.79 Å². The van der Waals surface area contributed by atoms with Crippen LogP contribution in [0.4, 0.5) is 5.69 Å². The first-order valence-electron chi connectivity index (χ1n) is 7.85. The molecule has 1 saturated carbocycles. The molecule has 1 amide bonds. The molecule has 114 valence electrons. The van der Waals surface area contributed by atoms with E-state index in [9.17, 15) is 4.79 Å². The monoisotopic (exact) mass is 295 g/mol. The fraction of sp³-hybridized carbons (Fsp3) is 0.316. The standard InChI is InChI=1S/C19H21NO2/c1-2-22-17-12-7-6-11-16(17)20-18(21)19(13-8-14-19)15-9-4-3-5-10-15/h3-7,9-12H,2,8,13-14H2,1H3,(H,20,21). The van der Waals surface area contributed by atoms with Gasteiger partial charge in [-0.15, -0.1) is 0 Å². The summed E-state index contributed by atoms with van der Waals surface area (Å²) < 4.78 is 5.59. The molecule has 0 aromatic heterocycles. The Hall–Kier alpha value is -2.29. The van der Waals surface area contributed by atoms with Gasteiger partial charge in [-0.05, 0) is 37.5 Å².